The quantitative estimate of drug-likeness (QED) is 0.524. The minimum atomic E-state index is 0.101. The predicted octanol–water partition coefficient (Wildman–Crippen LogP) is 4.98. The Morgan fingerprint density at radius 3 is 2.84 bits per heavy atom. The second-order valence-electron chi connectivity index (χ2n) is 7.65. The van der Waals surface area contributed by atoms with Gasteiger partial charge in [-0.1, -0.05) is 35.2 Å². The first-order valence-electron chi connectivity index (χ1n) is 10.4. The number of carbonyl (C=O) groups is 1. The largest absolute Gasteiger partial charge is 0.396 e. The Morgan fingerprint density at radius 1 is 1.26 bits per heavy atom. The maximum absolute atomic E-state index is 13.1. The van der Waals surface area contributed by atoms with E-state index < -0.39 is 0 Å². The second kappa shape index (κ2) is 10.3. The number of likely N-dealkylation sites (tertiary alicyclic amines) is 1. The summed E-state index contributed by atoms with van der Waals surface area (Å²) in [5, 5.41) is 13.1. The van der Waals surface area contributed by atoms with Gasteiger partial charge in [-0.15, -0.1) is 0 Å². The Hall–Kier alpha value is -2.42. The summed E-state index contributed by atoms with van der Waals surface area (Å²) in [4.78, 5) is 24.8. The van der Waals surface area contributed by atoms with E-state index in [1.807, 2.05) is 48.4 Å². The number of hydrogen-bond donors (Lipinski definition) is 2. The Bertz CT molecular complexity index is 1020. The highest BCUT2D eigenvalue weighted by molar-refractivity contribution is 8.01. The number of benzene rings is 1. The Kier molecular flexibility index (Phi) is 7.21. The highest BCUT2D eigenvalue weighted by Gasteiger charge is 2.24. The minimum Gasteiger partial charge on any atom is -0.396 e. The van der Waals surface area contributed by atoms with Crippen LogP contribution in [0.3, 0.4) is 0 Å². The number of amides is 1. The van der Waals surface area contributed by atoms with Crippen molar-refractivity contribution in [2.75, 3.05) is 25.0 Å². The molecule has 1 fully saturated rings. The summed E-state index contributed by atoms with van der Waals surface area (Å²) in [5.74, 6) is 1.39. The van der Waals surface area contributed by atoms with Crippen LogP contribution in [0.15, 0.2) is 57.9 Å². The van der Waals surface area contributed by atoms with Gasteiger partial charge in [0, 0.05) is 36.4 Å². The van der Waals surface area contributed by atoms with E-state index in [9.17, 15) is 4.79 Å². The summed E-state index contributed by atoms with van der Waals surface area (Å²) in [6, 6.07) is 11.8. The lowest BCUT2D eigenvalue weighted by molar-refractivity contribution is 0.0677. The first-order valence-corrected chi connectivity index (χ1v) is 12.1. The SMILES string of the molecule is Cc1ccc(Sc2cnc(Nc3ccccn3)s2)cc1C(=O)N1CCC(CCO)CC1. The summed E-state index contributed by atoms with van der Waals surface area (Å²) in [6.45, 7) is 3.74. The highest BCUT2D eigenvalue weighted by atomic mass is 32.2. The molecule has 3 heterocycles. The molecule has 1 aliphatic rings. The molecule has 3 aromatic rings. The molecule has 0 spiro atoms. The molecule has 1 aliphatic heterocycles. The number of piperidine rings is 1. The Balaban J connectivity index is 1.42. The van der Waals surface area contributed by atoms with Gasteiger partial charge >= 0.3 is 0 Å². The number of pyridine rings is 1. The lowest BCUT2D eigenvalue weighted by Crippen LogP contribution is -2.39. The standard InChI is InChI=1S/C23H26N4O2S2/c1-16-5-6-18(14-19(16)22(29)27-11-7-17(8-12-27)9-13-28)30-21-15-25-23(31-21)26-20-4-2-3-10-24-20/h2-6,10,14-15,17,28H,7-9,11-13H2,1H3,(H,24,25,26). The number of aliphatic hydroxyl groups is 1. The fourth-order valence-corrected chi connectivity index (χ4v) is 5.60. The number of thiazole rings is 1. The van der Waals surface area contributed by atoms with Gasteiger partial charge in [0.05, 0.1) is 10.4 Å². The number of nitrogens with one attached hydrogen (secondary N) is 1. The van der Waals surface area contributed by atoms with E-state index in [-0.39, 0.29) is 12.5 Å². The maximum atomic E-state index is 13.1. The van der Waals surface area contributed by atoms with Crippen LogP contribution in [0.1, 0.15) is 35.2 Å². The summed E-state index contributed by atoms with van der Waals surface area (Å²) < 4.78 is 1.05. The number of hydrogen-bond acceptors (Lipinski definition) is 7. The summed E-state index contributed by atoms with van der Waals surface area (Å²) in [6.07, 6.45) is 6.35. The van der Waals surface area contributed by atoms with Gasteiger partial charge in [-0.3, -0.25) is 4.79 Å². The van der Waals surface area contributed by atoms with Crippen molar-refractivity contribution in [1.82, 2.24) is 14.9 Å². The molecule has 6 nitrogen and oxygen atoms in total. The van der Waals surface area contributed by atoms with Gasteiger partial charge in [-0.2, -0.15) is 0 Å². The van der Waals surface area contributed by atoms with E-state index in [0.717, 1.165) is 63.5 Å². The van der Waals surface area contributed by atoms with Crippen molar-refractivity contribution in [2.45, 2.75) is 35.3 Å². The molecule has 31 heavy (non-hydrogen) atoms. The molecule has 1 saturated heterocycles. The van der Waals surface area contributed by atoms with Gasteiger partial charge < -0.3 is 15.3 Å². The average Bonchev–Trinajstić information content (AvgIpc) is 3.22. The number of rotatable bonds is 7. The van der Waals surface area contributed by atoms with E-state index in [4.69, 9.17) is 5.11 Å². The molecule has 0 unspecified atom stereocenters. The van der Waals surface area contributed by atoms with E-state index in [1.165, 1.54) is 0 Å². The molecule has 4 rings (SSSR count). The van der Waals surface area contributed by atoms with Gasteiger partial charge in [0.1, 0.15) is 5.82 Å². The highest BCUT2D eigenvalue weighted by Crippen LogP contribution is 2.36. The van der Waals surface area contributed by atoms with Crippen LogP contribution in [0.25, 0.3) is 0 Å². The van der Waals surface area contributed by atoms with Crippen molar-refractivity contribution in [3.63, 3.8) is 0 Å². The first kappa shape index (κ1) is 21.8. The van der Waals surface area contributed by atoms with Gasteiger partial charge in [0.25, 0.3) is 5.91 Å². The lowest BCUT2D eigenvalue weighted by Gasteiger charge is -2.32. The van der Waals surface area contributed by atoms with Gasteiger partial charge in [-0.05, 0) is 61.9 Å². The molecule has 2 aromatic heterocycles. The van der Waals surface area contributed by atoms with E-state index in [1.54, 1.807) is 29.3 Å². The first-order chi connectivity index (χ1) is 15.1. The Labute approximate surface area is 190 Å². The van der Waals surface area contributed by atoms with Gasteiger partial charge in [-0.25, -0.2) is 9.97 Å². The van der Waals surface area contributed by atoms with Crippen LogP contribution in [0.4, 0.5) is 10.9 Å². The van der Waals surface area contributed by atoms with Crippen molar-refractivity contribution in [1.29, 1.82) is 0 Å². The van der Waals surface area contributed by atoms with Crippen LogP contribution < -0.4 is 5.32 Å². The van der Waals surface area contributed by atoms with Crippen molar-refractivity contribution < 1.29 is 9.90 Å². The number of nitrogens with zero attached hydrogens (tertiary/aromatic N) is 3. The van der Waals surface area contributed by atoms with Gasteiger partial charge in [0.2, 0.25) is 0 Å². The Morgan fingerprint density at radius 2 is 2.10 bits per heavy atom. The maximum Gasteiger partial charge on any atom is 0.254 e. The minimum absolute atomic E-state index is 0.101. The smallest absolute Gasteiger partial charge is 0.254 e. The van der Waals surface area contributed by atoms with E-state index in [0.29, 0.717) is 5.92 Å². The predicted molar refractivity (Wildman–Crippen MR) is 125 cm³/mol. The number of aryl methyl sites for hydroxylation is 1. The molecule has 1 amide bonds. The molecule has 162 valence electrons. The number of aromatic nitrogens is 2. The van der Waals surface area contributed by atoms with Crippen molar-refractivity contribution in [2.24, 2.45) is 5.92 Å². The molecule has 2 N–H and O–H groups in total. The molecule has 0 aliphatic carbocycles. The van der Waals surface area contributed by atoms with Crippen LogP contribution in [0.2, 0.25) is 0 Å². The third-order valence-electron chi connectivity index (χ3n) is 5.48. The third-order valence-corrected chi connectivity index (χ3v) is 7.48. The summed E-state index contributed by atoms with van der Waals surface area (Å²) >= 11 is 3.17. The van der Waals surface area contributed by atoms with Crippen LogP contribution in [-0.2, 0) is 0 Å². The van der Waals surface area contributed by atoms with Crippen LogP contribution in [0, 0.1) is 12.8 Å². The van der Waals surface area contributed by atoms with Crippen LogP contribution >= 0.6 is 23.1 Å². The molecule has 0 bridgehead atoms. The zero-order valence-corrected chi connectivity index (χ0v) is 19.1. The molecule has 0 radical (unpaired) electrons. The number of carbonyl (C=O) groups excluding carboxylic acids is 1. The summed E-state index contributed by atoms with van der Waals surface area (Å²) in [5.41, 5.74) is 1.76. The monoisotopic (exact) mass is 454 g/mol. The zero-order valence-electron chi connectivity index (χ0n) is 17.5. The van der Waals surface area contributed by atoms with E-state index >= 15 is 0 Å². The van der Waals surface area contributed by atoms with Crippen LogP contribution in [0.5, 0.6) is 0 Å². The van der Waals surface area contributed by atoms with Crippen molar-refractivity contribution in [3.8, 4) is 0 Å². The van der Waals surface area contributed by atoms with Crippen molar-refractivity contribution in [3.05, 3.63) is 59.9 Å². The molecular formula is C23H26N4O2S2. The molecule has 0 atom stereocenters. The summed E-state index contributed by atoms with van der Waals surface area (Å²) in [7, 11) is 0. The van der Waals surface area contributed by atoms with Gasteiger partial charge in [0.15, 0.2) is 5.13 Å². The number of anilines is 2. The van der Waals surface area contributed by atoms with Crippen molar-refractivity contribution >= 4 is 40.0 Å². The third kappa shape index (κ3) is 5.64. The molecule has 8 heteroatoms. The molecular weight excluding hydrogens is 428 g/mol. The fraction of sp³-hybridized carbons (Fsp3) is 0.348. The lowest BCUT2D eigenvalue weighted by atomic mass is 9.93. The zero-order chi connectivity index (χ0) is 21.6. The van der Waals surface area contributed by atoms with E-state index in [2.05, 4.69) is 21.4 Å². The average molecular weight is 455 g/mol. The fourth-order valence-electron chi connectivity index (χ4n) is 3.70. The molecule has 1 aromatic carbocycles. The van der Waals surface area contributed by atoms with Crippen LogP contribution in [-0.4, -0.2) is 45.6 Å². The number of aliphatic hydroxyl groups excluding tert-OH is 1. The second-order valence-corrected chi connectivity index (χ2v) is 10.1. The normalized spacial score (nSPS) is 14.6. The molecule has 0 saturated carbocycles. The topological polar surface area (TPSA) is 78.4 Å².